The summed E-state index contributed by atoms with van der Waals surface area (Å²) in [6.45, 7) is 0.898. The molecule has 1 saturated heterocycles. The molecule has 0 radical (unpaired) electrons. The van der Waals surface area contributed by atoms with Gasteiger partial charge in [-0.1, -0.05) is 18.2 Å². The average molecular weight is 381 g/mol. The first-order valence-electron chi connectivity index (χ1n) is 8.45. The van der Waals surface area contributed by atoms with E-state index in [9.17, 15) is 22.8 Å². The van der Waals surface area contributed by atoms with Gasteiger partial charge in [-0.25, -0.2) is 4.79 Å². The number of amides is 1. The van der Waals surface area contributed by atoms with Crippen LogP contribution in [0.2, 0.25) is 0 Å². The Morgan fingerprint density at radius 2 is 1.93 bits per heavy atom. The number of carboxylic acid groups (broad SMARTS) is 1. The molecule has 3 rings (SSSR count). The molecule has 0 bridgehead atoms. The summed E-state index contributed by atoms with van der Waals surface area (Å²) in [4.78, 5) is 25.0. The van der Waals surface area contributed by atoms with Gasteiger partial charge in [0.05, 0.1) is 29.8 Å². The van der Waals surface area contributed by atoms with E-state index in [1.807, 2.05) is 0 Å². The van der Waals surface area contributed by atoms with Crippen LogP contribution in [0.25, 0.3) is 0 Å². The number of hydrogen-bond donors (Lipinski definition) is 1. The third kappa shape index (κ3) is 4.47. The summed E-state index contributed by atoms with van der Waals surface area (Å²) in [6, 6.07) is 4.79. The molecule has 144 valence electrons. The van der Waals surface area contributed by atoms with Gasteiger partial charge in [0.25, 0.3) is 0 Å². The minimum absolute atomic E-state index is 0.00397. The summed E-state index contributed by atoms with van der Waals surface area (Å²) >= 11 is 0. The fourth-order valence-corrected chi connectivity index (χ4v) is 3.17. The van der Waals surface area contributed by atoms with Crippen LogP contribution in [0.1, 0.15) is 40.4 Å². The average Bonchev–Trinajstić information content (AvgIpc) is 3.12. The number of alkyl halides is 3. The van der Waals surface area contributed by atoms with Crippen LogP contribution in [0.15, 0.2) is 36.7 Å². The Labute approximate surface area is 153 Å². The van der Waals surface area contributed by atoms with Crippen LogP contribution >= 0.6 is 0 Å². The normalized spacial score (nSPS) is 15.7. The van der Waals surface area contributed by atoms with Crippen LogP contribution in [0, 0.1) is 0 Å². The van der Waals surface area contributed by atoms with Crippen molar-refractivity contribution in [3.8, 4) is 0 Å². The highest BCUT2D eigenvalue weighted by Crippen LogP contribution is 2.30. The van der Waals surface area contributed by atoms with Crippen molar-refractivity contribution in [3.05, 3.63) is 53.3 Å². The number of nitrogens with zero attached hydrogens (tertiary/aromatic N) is 3. The standard InChI is InChI=1S/C18H18F3N3O3/c19-18(20,21)14-3-1-2-12(8-14)9-16(25)23-6-4-15(5-7-23)24-11-13(10-22-24)17(26)27/h1-3,8,10-11,15H,4-7,9H2,(H,26,27). The summed E-state index contributed by atoms with van der Waals surface area (Å²) < 4.78 is 39.9. The van der Waals surface area contributed by atoms with Crippen LogP contribution in [-0.4, -0.2) is 44.8 Å². The lowest BCUT2D eigenvalue weighted by molar-refractivity contribution is -0.138. The third-order valence-electron chi connectivity index (χ3n) is 4.65. The molecular formula is C18H18F3N3O3. The topological polar surface area (TPSA) is 75.4 Å². The first kappa shape index (κ1) is 18.9. The predicted octanol–water partition coefficient (Wildman–Crippen LogP) is 3.01. The van der Waals surface area contributed by atoms with Crippen LogP contribution in [-0.2, 0) is 17.4 Å². The number of piperidine rings is 1. The minimum Gasteiger partial charge on any atom is -0.478 e. The summed E-state index contributed by atoms with van der Waals surface area (Å²) in [5.41, 5.74) is -0.326. The number of hydrogen-bond acceptors (Lipinski definition) is 3. The summed E-state index contributed by atoms with van der Waals surface area (Å²) in [5.74, 6) is -1.27. The molecule has 0 aliphatic carbocycles. The molecule has 0 spiro atoms. The molecule has 6 nitrogen and oxygen atoms in total. The van der Waals surface area contributed by atoms with Crippen molar-refractivity contribution in [2.75, 3.05) is 13.1 Å². The SMILES string of the molecule is O=C(O)c1cnn(C2CCN(C(=O)Cc3cccc(C(F)(F)F)c3)CC2)c1. The van der Waals surface area contributed by atoms with Crippen LogP contribution in [0.4, 0.5) is 13.2 Å². The van der Waals surface area contributed by atoms with Gasteiger partial charge in [0, 0.05) is 19.3 Å². The third-order valence-corrected chi connectivity index (χ3v) is 4.65. The van der Waals surface area contributed by atoms with Crippen molar-refractivity contribution >= 4 is 11.9 Å². The summed E-state index contributed by atoms with van der Waals surface area (Å²) in [7, 11) is 0. The van der Waals surface area contributed by atoms with Crippen molar-refractivity contribution in [3.63, 3.8) is 0 Å². The van der Waals surface area contributed by atoms with E-state index in [4.69, 9.17) is 5.11 Å². The molecule has 0 unspecified atom stereocenters. The Balaban J connectivity index is 1.58. The molecule has 27 heavy (non-hydrogen) atoms. The number of aromatic nitrogens is 2. The summed E-state index contributed by atoms with van der Waals surface area (Å²) in [5, 5.41) is 13.0. The largest absolute Gasteiger partial charge is 0.478 e. The second-order valence-corrected chi connectivity index (χ2v) is 6.50. The van der Waals surface area contributed by atoms with Crippen LogP contribution < -0.4 is 0 Å². The zero-order valence-electron chi connectivity index (χ0n) is 14.3. The van der Waals surface area contributed by atoms with E-state index in [-0.39, 0.29) is 23.9 Å². The van der Waals surface area contributed by atoms with E-state index in [2.05, 4.69) is 5.10 Å². The molecule has 1 amide bonds. The Bertz CT molecular complexity index is 840. The lowest BCUT2D eigenvalue weighted by atomic mass is 10.0. The Morgan fingerprint density at radius 1 is 1.22 bits per heavy atom. The van der Waals surface area contributed by atoms with Crippen molar-refractivity contribution < 1.29 is 27.9 Å². The first-order valence-corrected chi connectivity index (χ1v) is 8.45. The van der Waals surface area contributed by atoms with Crippen molar-refractivity contribution in [1.82, 2.24) is 14.7 Å². The van der Waals surface area contributed by atoms with Gasteiger partial charge >= 0.3 is 12.1 Å². The van der Waals surface area contributed by atoms with E-state index in [0.717, 1.165) is 12.1 Å². The van der Waals surface area contributed by atoms with Gasteiger partial charge < -0.3 is 10.0 Å². The summed E-state index contributed by atoms with van der Waals surface area (Å²) in [6.07, 6.45) is -0.555. The Morgan fingerprint density at radius 3 is 2.52 bits per heavy atom. The number of benzene rings is 1. The Kier molecular flexibility index (Phi) is 5.20. The van der Waals surface area contributed by atoms with Gasteiger partial charge in [0.1, 0.15) is 0 Å². The maximum absolute atomic E-state index is 12.8. The number of likely N-dealkylation sites (tertiary alicyclic amines) is 1. The molecule has 2 aromatic rings. The maximum Gasteiger partial charge on any atom is 0.416 e. The van der Waals surface area contributed by atoms with Gasteiger partial charge in [0.15, 0.2) is 0 Å². The van der Waals surface area contributed by atoms with Crippen LogP contribution in [0.3, 0.4) is 0 Å². The van der Waals surface area contributed by atoms with Crippen molar-refractivity contribution in [2.45, 2.75) is 31.5 Å². The fraction of sp³-hybridized carbons (Fsp3) is 0.389. The highest BCUT2D eigenvalue weighted by atomic mass is 19.4. The van der Waals surface area contributed by atoms with E-state index in [0.29, 0.717) is 31.5 Å². The molecule has 1 aliphatic heterocycles. The zero-order valence-corrected chi connectivity index (χ0v) is 14.3. The second-order valence-electron chi connectivity index (χ2n) is 6.50. The monoisotopic (exact) mass is 381 g/mol. The highest BCUT2D eigenvalue weighted by Gasteiger charge is 2.31. The molecule has 0 atom stereocenters. The maximum atomic E-state index is 12.8. The predicted molar refractivity (Wildman–Crippen MR) is 89.2 cm³/mol. The van der Waals surface area contributed by atoms with E-state index in [1.165, 1.54) is 24.5 Å². The lowest BCUT2D eigenvalue weighted by Crippen LogP contribution is -2.40. The number of aromatic carboxylic acids is 1. The van der Waals surface area contributed by atoms with Gasteiger partial charge in [0.2, 0.25) is 5.91 Å². The number of rotatable bonds is 4. The van der Waals surface area contributed by atoms with Gasteiger partial charge in [-0.3, -0.25) is 9.48 Å². The molecule has 0 saturated carbocycles. The number of halogens is 3. The van der Waals surface area contributed by atoms with Crippen molar-refractivity contribution in [1.29, 1.82) is 0 Å². The highest BCUT2D eigenvalue weighted by molar-refractivity contribution is 5.86. The lowest BCUT2D eigenvalue weighted by Gasteiger charge is -2.32. The molecule has 1 fully saturated rings. The smallest absolute Gasteiger partial charge is 0.416 e. The molecule has 1 aromatic heterocycles. The second kappa shape index (κ2) is 7.42. The number of carbonyl (C=O) groups is 2. The Hall–Kier alpha value is -2.84. The molecule has 2 heterocycles. The first-order chi connectivity index (χ1) is 12.7. The minimum atomic E-state index is -4.43. The van der Waals surface area contributed by atoms with Gasteiger partial charge in [-0.15, -0.1) is 0 Å². The number of carboxylic acids is 1. The molecular weight excluding hydrogens is 363 g/mol. The quantitative estimate of drug-likeness (QED) is 0.884. The van der Waals surface area contributed by atoms with E-state index in [1.54, 1.807) is 9.58 Å². The van der Waals surface area contributed by atoms with E-state index < -0.39 is 17.7 Å². The molecule has 1 aliphatic rings. The van der Waals surface area contributed by atoms with Gasteiger partial charge in [-0.05, 0) is 24.5 Å². The molecule has 1 aromatic carbocycles. The van der Waals surface area contributed by atoms with Crippen molar-refractivity contribution in [2.24, 2.45) is 0 Å². The molecule has 1 N–H and O–H groups in total. The van der Waals surface area contributed by atoms with Gasteiger partial charge in [-0.2, -0.15) is 18.3 Å². The van der Waals surface area contributed by atoms with E-state index >= 15 is 0 Å². The zero-order chi connectivity index (χ0) is 19.6. The number of carbonyl (C=O) groups excluding carboxylic acids is 1. The molecule has 9 heteroatoms. The van der Waals surface area contributed by atoms with Crippen LogP contribution in [0.5, 0.6) is 0 Å². The fourth-order valence-electron chi connectivity index (χ4n) is 3.17.